The number of hydrogen-bond acceptors (Lipinski definition) is 11. The number of amides is 2. The van der Waals surface area contributed by atoms with E-state index in [4.69, 9.17) is 9.47 Å². The van der Waals surface area contributed by atoms with E-state index in [1.165, 1.54) is 34.7 Å². The van der Waals surface area contributed by atoms with Crippen molar-refractivity contribution in [2.24, 2.45) is 0 Å². The van der Waals surface area contributed by atoms with E-state index in [9.17, 15) is 90.1 Å². The quantitative estimate of drug-likeness (QED) is 0.0298. The first-order valence-corrected chi connectivity index (χ1v) is 35.3. The molecule has 2 aliphatic heterocycles. The first kappa shape index (κ1) is 73.3. The van der Waals surface area contributed by atoms with Crippen LogP contribution in [0, 0.1) is 58.2 Å². The molecule has 12 rings (SSSR count). The van der Waals surface area contributed by atoms with Crippen LogP contribution in [0.25, 0.3) is 5.57 Å². The van der Waals surface area contributed by atoms with Crippen LogP contribution in [0.2, 0.25) is 0 Å². The summed E-state index contributed by atoms with van der Waals surface area (Å²) in [5.41, 5.74) is 5.76. The van der Waals surface area contributed by atoms with Crippen molar-refractivity contribution in [3.63, 3.8) is 0 Å². The maximum atomic E-state index is 15.0. The Morgan fingerprint density at radius 1 is 0.480 bits per heavy atom. The Morgan fingerprint density at radius 2 is 0.922 bits per heavy atom. The lowest BCUT2D eigenvalue weighted by atomic mass is 9.96. The van der Waals surface area contributed by atoms with Gasteiger partial charge in [0.2, 0.25) is 43.5 Å². The van der Waals surface area contributed by atoms with E-state index in [0.717, 1.165) is 84.2 Å². The molecule has 0 bridgehead atoms. The lowest BCUT2D eigenvalue weighted by Gasteiger charge is -2.31. The van der Waals surface area contributed by atoms with E-state index in [0.29, 0.717) is 25.7 Å². The molecular weight excluding hydrogens is 1390 g/mol. The molecular formula is C74H64F10N4O12S2. The summed E-state index contributed by atoms with van der Waals surface area (Å²) < 4.78 is 210. The first-order valence-electron chi connectivity index (χ1n) is 32.4. The van der Waals surface area contributed by atoms with Crippen LogP contribution in [-0.2, 0) is 60.7 Å². The Labute approximate surface area is 579 Å². The van der Waals surface area contributed by atoms with Crippen molar-refractivity contribution in [2.45, 2.75) is 125 Å². The zero-order chi connectivity index (χ0) is 72.9. The number of benzene rings is 8. The highest BCUT2D eigenvalue weighted by molar-refractivity contribution is 7.89. The SMILES string of the molecule is O=C(O)c1ccc(N(Cc2ccc(C3CCCC3)cc2)C(=O)[C@H]2CCCN2S(=O)(=O)c2c(F)c(F)c(F)c(F)c2F)cc1O.O=C(OCc1ccccc1)c1ccc(N(Cc2ccc(C3=CCCC3)cc2)C(=O)[C@H]2CCCN2S(=O)(=O)c2c(F)c(F)c(F)c(F)c2F)cc1OCc1ccccc1. The van der Waals surface area contributed by atoms with Crippen LogP contribution in [0.5, 0.6) is 11.5 Å². The largest absolute Gasteiger partial charge is 0.507 e. The van der Waals surface area contributed by atoms with Crippen molar-refractivity contribution >= 4 is 60.7 Å². The van der Waals surface area contributed by atoms with Gasteiger partial charge in [0.1, 0.15) is 47.9 Å². The maximum Gasteiger partial charge on any atom is 0.342 e. The minimum Gasteiger partial charge on any atom is -0.507 e. The molecule has 0 spiro atoms. The Balaban J connectivity index is 0.000000213. The minimum absolute atomic E-state index is 0.0159. The molecule has 16 nitrogen and oxygen atoms in total. The fourth-order valence-electron chi connectivity index (χ4n) is 13.0. The third kappa shape index (κ3) is 15.3. The molecule has 2 N–H and O–H groups in total. The van der Waals surface area contributed by atoms with Gasteiger partial charge in [-0.3, -0.25) is 9.59 Å². The summed E-state index contributed by atoms with van der Waals surface area (Å²) in [5, 5.41) is 19.6. The van der Waals surface area contributed by atoms with Gasteiger partial charge in [0.05, 0.1) is 13.1 Å². The van der Waals surface area contributed by atoms with E-state index in [-0.39, 0.29) is 74.7 Å². The van der Waals surface area contributed by atoms with Crippen molar-refractivity contribution in [3.05, 3.63) is 254 Å². The summed E-state index contributed by atoms with van der Waals surface area (Å²) in [4.78, 5) is 51.9. The van der Waals surface area contributed by atoms with Crippen LogP contribution in [0.1, 0.15) is 131 Å². The molecule has 4 aliphatic rings. The van der Waals surface area contributed by atoms with E-state index < -0.39 is 148 Å². The van der Waals surface area contributed by atoms with Crippen molar-refractivity contribution in [1.29, 1.82) is 0 Å². The molecule has 1 saturated carbocycles. The summed E-state index contributed by atoms with van der Waals surface area (Å²) in [6.07, 6.45) is 9.22. The van der Waals surface area contributed by atoms with Crippen molar-refractivity contribution in [3.8, 4) is 11.5 Å². The number of phenols is 1. The average molecular weight is 1460 g/mol. The molecule has 2 amide bonds. The summed E-state index contributed by atoms with van der Waals surface area (Å²) in [7, 11) is -10.9. The highest BCUT2D eigenvalue weighted by Crippen LogP contribution is 2.40. The van der Waals surface area contributed by atoms with Crippen molar-refractivity contribution < 1.29 is 99.6 Å². The van der Waals surface area contributed by atoms with E-state index in [2.05, 4.69) is 6.08 Å². The van der Waals surface area contributed by atoms with Gasteiger partial charge in [-0.1, -0.05) is 128 Å². The second-order valence-corrected chi connectivity index (χ2v) is 28.4. The van der Waals surface area contributed by atoms with Crippen LogP contribution in [0.3, 0.4) is 0 Å². The molecule has 0 unspecified atom stereocenters. The normalized spacial score (nSPS) is 16.5. The Hall–Kier alpha value is -9.90. The van der Waals surface area contributed by atoms with Crippen LogP contribution in [0.4, 0.5) is 55.3 Å². The smallest absolute Gasteiger partial charge is 0.342 e. The number of carbonyl (C=O) groups is 4. The Kier molecular flexibility index (Phi) is 22.4. The molecule has 28 heteroatoms. The van der Waals surface area contributed by atoms with Crippen LogP contribution in [-0.4, -0.2) is 84.6 Å². The van der Waals surface area contributed by atoms with Gasteiger partial charge in [-0.2, -0.15) is 8.61 Å². The molecule has 2 saturated heterocycles. The van der Waals surface area contributed by atoms with Gasteiger partial charge in [-0.05, 0) is 127 Å². The molecule has 102 heavy (non-hydrogen) atoms. The van der Waals surface area contributed by atoms with Gasteiger partial charge < -0.3 is 29.5 Å². The number of hydrogen-bond donors (Lipinski definition) is 2. The van der Waals surface area contributed by atoms with Gasteiger partial charge in [-0.15, -0.1) is 0 Å². The molecule has 2 aliphatic carbocycles. The number of aromatic carboxylic acids is 1. The summed E-state index contributed by atoms with van der Waals surface area (Å²) in [6, 6.07) is 37.3. The van der Waals surface area contributed by atoms with Gasteiger partial charge in [-0.25, -0.2) is 70.3 Å². The molecule has 2 atom stereocenters. The zero-order valence-electron chi connectivity index (χ0n) is 54.0. The molecule has 3 fully saturated rings. The van der Waals surface area contributed by atoms with Gasteiger partial charge in [0, 0.05) is 36.6 Å². The standard InChI is InChI=1S/C44H37F5N2O6S.C30H27F5N2O6S/c45-37-38(46)40(48)42(41(49)39(37)47)58(54,55)51-23-9-16-35(51)43(52)50(25-28-17-19-32(20-18-28)31-14-7-8-15-31)33-21-22-34(44(53)57-27-30-12-5-2-6-13-30)36(24-33)56-26-29-10-3-1-4-11-29;31-23-24(32)26(34)28(27(35)25(23)33)44(42,43)37-13-3-6-21(37)29(39)36(19-11-12-20(30(40)41)22(38)14-19)15-16-7-9-18(10-8-16)17-4-1-2-5-17/h1-6,10-14,17-22,24,35H,7-9,15-16,23,25-27H2;7-12,14,17,21,38H,1-6,13,15H2,(H,40,41)/t35-;21-/m11/s1. The summed E-state index contributed by atoms with van der Waals surface area (Å²) in [6.45, 7) is -1.22. The molecule has 534 valence electrons. The molecule has 8 aromatic rings. The predicted molar refractivity (Wildman–Crippen MR) is 352 cm³/mol. The second-order valence-electron chi connectivity index (χ2n) is 24.8. The number of rotatable bonds is 21. The van der Waals surface area contributed by atoms with E-state index >= 15 is 0 Å². The molecule has 2 heterocycles. The monoisotopic (exact) mass is 1450 g/mol. The zero-order valence-corrected chi connectivity index (χ0v) is 55.7. The van der Waals surface area contributed by atoms with Crippen LogP contribution < -0.4 is 14.5 Å². The average Bonchev–Trinajstić information content (AvgIpc) is 1.32. The van der Waals surface area contributed by atoms with Crippen LogP contribution >= 0.6 is 0 Å². The topological polar surface area (TPSA) is 208 Å². The third-order valence-electron chi connectivity index (χ3n) is 18.3. The number of carbonyl (C=O) groups excluding carboxylic acids is 3. The Morgan fingerprint density at radius 3 is 1.37 bits per heavy atom. The van der Waals surface area contributed by atoms with Gasteiger partial charge >= 0.3 is 11.9 Å². The number of sulfonamides is 2. The van der Waals surface area contributed by atoms with E-state index in [1.54, 1.807) is 36.4 Å². The lowest BCUT2D eigenvalue weighted by Crippen LogP contribution is -2.48. The number of carboxylic acid groups (broad SMARTS) is 1. The molecule has 0 aromatic heterocycles. The highest BCUT2D eigenvalue weighted by atomic mass is 32.2. The first-order chi connectivity index (χ1) is 48.8. The molecule has 8 aromatic carbocycles. The maximum absolute atomic E-state index is 15.0. The van der Waals surface area contributed by atoms with Crippen LogP contribution in [0.15, 0.2) is 161 Å². The fourth-order valence-corrected chi connectivity index (χ4v) is 16.5. The highest BCUT2D eigenvalue weighted by Gasteiger charge is 2.48. The van der Waals surface area contributed by atoms with Gasteiger partial charge in [0.15, 0.2) is 56.3 Å². The number of ether oxygens (including phenoxy) is 2. The lowest BCUT2D eigenvalue weighted by molar-refractivity contribution is -0.122. The fraction of sp³-hybridized carbons (Fsp3) is 0.270. The Bertz CT molecular complexity index is 4730. The predicted octanol–water partition coefficient (Wildman–Crippen LogP) is 15.1. The van der Waals surface area contributed by atoms with Crippen molar-refractivity contribution in [1.82, 2.24) is 8.61 Å². The van der Waals surface area contributed by atoms with Crippen molar-refractivity contribution in [2.75, 3.05) is 22.9 Å². The third-order valence-corrected chi connectivity index (χ3v) is 22.2. The number of allylic oxidation sites excluding steroid dienone is 2. The number of nitrogens with zero attached hydrogens (tertiary/aromatic N) is 4. The number of aromatic hydroxyl groups is 1. The summed E-state index contributed by atoms with van der Waals surface area (Å²) >= 11 is 0. The summed E-state index contributed by atoms with van der Waals surface area (Å²) in [5.74, 6) is -29.1. The number of esters is 1. The van der Waals surface area contributed by atoms with E-state index in [1.807, 2.05) is 72.8 Å². The molecule has 0 radical (unpaired) electrons. The second kappa shape index (κ2) is 31.1. The van der Waals surface area contributed by atoms with Gasteiger partial charge in [0.25, 0.3) is 0 Å². The number of halogens is 10. The number of carboxylic acids is 1. The number of anilines is 2. The minimum atomic E-state index is -5.46.